The maximum absolute atomic E-state index is 11.3. The van der Waals surface area contributed by atoms with Gasteiger partial charge in [0.1, 0.15) is 5.54 Å². The molecule has 0 radical (unpaired) electrons. The lowest BCUT2D eigenvalue weighted by atomic mass is 10.0. The van der Waals surface area contributed by atoms with Gasteiger partial charge < -0.3 is 10.5 Å². The Hall–Kier alpha value is -0.220. The van der Waals surface area contributed by atoms with Gasteiger partial charge in [0.05, 0.1) is 7.11 Å². The van der Waals surface area contributed by atoms with Gasteiger partial charge in [-0.1, -0.05) is 12.8 Å². The largest absolute Gasteiger partial charge is 0.468 e. The molecule has 1 aliphatic rings. The zero-order valence-corrected chi connectivity index (χ0v) is 10.4. The predicted molar refractivity (Wildman–Crippen MR) is 63.9 cm³/mol. The molecule has 0 bridgehead atoms. The quantitative estimate of drug-likeness (QED) is 0.735. The second-order valence-corrected chi connectivity index (χ2v) is 5.84. The third-order valence-electron chi connectivity index (χ3n) is 2.93. The lowest BCUT2D eigenvalue weighted by Gasteiger charge is -2.21. The smallest absolute Gasteiger partial charge is 0.325 e. The number of carbonyl (C=O) groups is 1. The summed E-state index contributed by atoms with van der Waals surface area (Å²) in [5.74, 6) is 0.641. The maximum Gasteiger partial charge on any atom is 0.325 e. The summed E-state index contributed by atoms with van der Waals surface area (Å²) in [4.78, 5) is 11.3. The molecule has 1 rings (SSSR count). The van der Waals surface area contributed by atoms with Crippen LogP contribution in [0.1, 0.15) is 39.0 Å². The summed E-state index contributed by atoms with van der Waals surface area (Å²) in [5.41, 5.74) is 5.05. The van der Waals surface area contributed by atoms with E-state index in [0.717, 1.165) is 11.0 Å². The normalized spacial score (nSPS) is 21.3. The molecule has 0 amide bonds. The van der Waals surface area contributed by atoms with Crippen LogP contribution < -0.4 is 5.73 Å². The van der Waals surface area contributed by atoms with Gasteiger partial charge in [0.25, 0.3) is 0 Å². The first-order valence-electron chi connectivity index (χ1n) is 5.55. The molecule has 3 nitrogen and oxygen atoms in total. The second-order valence-electron chi connectivity index (χ2n) is 4.44. The number of hydrogen-bond donors (Lipinski definition) is 1. The molecule has 0 saturated heterocycles. The first-order chi connectivity index (χ1) is 7.06. The Labute approximate surface area is 96.1 Å². The summed E-state index contributed by atoms with van der Waals surface area (Å²) >= 11 is 1.95. The first-order valence-corrected chi connectivity index (χ1v) is 6.60. The summed E-state index contributed by atoms with van der Waals surface area (Å²) in [6, 6.07) is 0. The lowest BCUT2D eigenvalue weighted by molar-refractivity contribution is -0.146. The number of carbonyl (C=O) groups excluding carboxylic acids is 1. The second kappa shape index (κ2) is 5.75. The molecule has 1 aliphatic carbocycles. The Bertz CT molecular complexity index is 213. The molecule has 0 aromatic heterocycles. The summed E-state index contributed by atoms with van der Waals surface area (Å²) in [5, 5.41) is 0.790. The number of esters is 1. The van der Waals surface area contributed by atoms with Gasteiger partial charge >= 0.3 is 5.97 Å². The van der Waals surface area contributed by atoms with E-state index in [4.69, 9.17) is 5.73 Å². The van der Waals surface area contributed by atoms with Crippen molar-refractivity contribution in [3.63, 3.8) is 0 Å². The Morgan fingerprint density at radius 2 is 2.13 bits per heavy atom. The van der Waals surface area contributed by atoms with Crippen molar-refractivity contribution in [1.82, 2.24) is 0 Å². The molecular weight excluding hydrogens is 210 g/mol. The van der Waals surface area contributed by atoms with Crippen molar-refractivity contribution in [3.05, 3.63) is 0 Å². The molecule has 1 fully saturated rings. The van der Waals surface area contributed by atoms with Crippen LogP contribution in [-0.4, -0.2) is 29.6 Å². The van der Waals surface area contributed by atoms with Crippen molar-refractivity contribution < 1.29 is 9.53 Å². The molecule has 0 spiro atoms. The highest BCUT2D eigenvalue weighted by Crippen LogP contribution is 2.30. The van der Waals surface area contributed by atoms with Gasteiger partial charge in [0, 0.05) is 5.25 Å². The Morgan fingerprint density at radius 3 is 2.67 bits per heavy atom. The van der Waals surface area contributed by atoms with Gasteiger partial charge in [-0.15, -0.1) is 0 Å². The highest BCUT2D eigenvalue weighted by atomic mass is 32.2. The molecule has 0 heterocycles. The monoisotopic (exact) mass is 231 g/mol. The summed E-state index contributed by atoms with van der Waals surface area (Å²) in [6.45, 7) is 1.74. The van der Waals surface area contributed by atoms with Gasteiger partial charge in [-0.25, -0.2) is 0 Å². The van der Waals surface area contributed by atoms with E-state index in [0.29, 0.717) is 6.42 Å². The number of hydrogen-bond acceptors (Lipinski definition) is 4. The standard InChI is InChI=1S/C11H21NO2S/c1-11(12,10(13)14-2)7-8-15-9-5-3-4-6-9/h9H,3-8,12H2,1-2H3. The Kier molecular flexibility index (Phi) is 4.93. The third kappa shape index (κ3) is 4.03. The molecule has 2 N–H and O–H groups in total. The van der Waals surface area contributed by atoms with Gasteiger partial charge in [0.2, 0.25) is 0 Å². The molecule has 0 aromatic carbocycles. The fraction of sp³-hybridized carbons (Fsp3) is 0.909. The van der Waals surface area contributed by atoms with Gasteiger partial charge in [0.15, 0.2) is 0 Å². The number of ether oxygens (including phenoxy) is 1. The third-order valence-corrected chi connectivity index (χ3v) is 4.31. The molecule has 4 heteroatoms. The number of thioether (sulfide) groups is 1. The molecular formula is C11H21NO2S. The minimum Gasteiger partial charge on any atom is -0.468 e. The SMILES string of the molecule is COC(=O)C(C)(N)CCSC1CCCC1. The van der Waals surface area contributed by atoms with Crippen molar-refractivity contribution in [2.24, 2.45) is 5.73 Å². The predicted octanol–water partition coefficient (Wildman–Crippen LogP) is 1.94. The molecule has 1 unspecified atom stereocenters. The summed E-state index contributed by atoms with van der Waals surface area (Å²) < 4.78 is 4.66. The van der Waals surface area contributed by atoms with Gasteiger partial charge in [-0.2, -0.15) is 11.8 Å². The van der Waals surface area contributed by atoms with Crippen LogP contribution in [0.2, 0.25) is 0 Å². The topological polar surface area (TPSA) is 52.3 Å². The van der Waals surface area contributed by atoms with E-state index < -0.39 is 5.54 Å². The van der Waals surface area contributed by atoms with E-state index in [2.05, 4.69) is 4.74 Å². The molecule has 0 aliphatic heterocycles. The van der Waals surface area contributed by atoms with Crippen LogP contribution in [0.3, 0.4) is 0 Å². The average Bonchev–Trinajstić information content (AvgIpc) is 2.69. The highest BCUT2D eigenvalue weighted by molar-refractivity contribution is 7.99. The van der Waals surface area contributed by atoms with Crippen molar-refractivity contribution in [3.8, 4) is 0 Å². The van der Waals surface area contributed by atoms with E-state index in [1.807, 2.05) is 11.8 Å². The minimum atomic E-state index is -0.819. The molecule has 1 atom stereocenters. The zero-order valence-electron chi connectivity index (χ0n) is 9.62. The molecule has 15 heavy (non-hydrogen) atoms. The summed E-state index contributed by atoms with van der Waals surface area (Å²) in [6.07, 6.45) is 6.05. The van der Waals surface area contributed by atoms with Crippen molar-refractivity contribution in [2.45, 2.75) is 49.8 Å². The number of rotatable bonds is 5. The van der Waals surface area contributed by atoms with E-state index >= 15 is 0 Å². The van der Waals surface area contributed by atoms with Crippen LogP contribution in [0.15, 0.2) is 0 Å². The summed E-state index contributed by atoms with van der Waals surface area (Å²) in [7, 11) is 1.39. The van der Waals surface area contributed by atoms with Crippen molar-refractivity contribution in [1.29, 1.82) is 0 Å². The fourth-order valence-corrected chi connectivity index (χ4v) is 3.37. The number of nitrogens with two attached hydrogens (primary N) is 1. The van der Waals surface area contributed by atoms with Crippen LogP contribution in [0.5, 0.6) is 0 Å². The molecule has 1 saturated carbocycles. The maximum atomic E-state index is 11.3. The Morgan fingerprint density at radius 1 is 1.53 bits per heavy atom. The van der Waals surface area contributed by atoms with E-state index in [1.54, 1.807) is 6.92 Å². The lowest BCUT2D eigenvalue weighted by Crippen LogP contribution is -2.46. The van der Waals surface area contributed by atoms with E-state index in [1.165, 1.54) is 32.8 Å². The number of methoxy groups -OCH3 is 1. The van der Waals surface area contributed by atoms with Crippen LogP contribution in [0, 0.1) is 0 Å². The van der Waals surface area contributed by atoms with Crippen LogP contribution >= 0.6 is 11.8 Å². The highest BCUT2D eigenvalue weighted by Gasteiger charge is 2.29. The molecule has 88 valence electrons. The Balaban J connectivity index is 2.20. The van der Waals surface area contributed by atoms with Crippen LogP contribution in [0.25, 0.3) is 0 Å². The van der Waals surface area contributed by atoms with Crippen LogP contribution in [0.4, 0.5) is 0 Å². The minimum absolute atomic E-state index is 0.311. The van der Waals surface area contributed by atoms with E-state index in [-0.39, 0.29) is 5.97 Å². The van der Waals surface area contributed by atoms with Crippen molar-refractivity contribution >= 4 is 17.7 Å². The van der Waals surface area contributed by atoms with E-state index in [9.17, 15) is 4.79 Å². The average molecular weight is 231 g/mol. The van der Waals surface area contributed by atoms with Gasteiger partial charge in [-0.3, -0.25) is 4.79 Å². The fourth-order valence-electron chi connectivity index (χ4n) is 1.83. The van der Waals surface area contributed by atoms with Crippen LogP contribution in [-0.2, 0) is 9.53 Å². The first kappa shape index (κ1) is 12.8. The zero-order chi connectivity index (χ0) is 11.3. The molecule has 0 aromatic rings. The van der Waals surface area contributed by atoms with Gasteiger partial charge in [-0.05, 0) is 31.9 Å². The van der Waals surface area contributed by atoms with Crippen molar-refractivity contribution in [2.75, 3.05) is 12.9 Å².